The zero-order valence-corrected chi connectivity index (χ0v) is 10.4. The van der Waals surface area contributed by atoms with Gasteiger partial charge in [0, 0.05) is 19.5 Å². The van der Waals surface area contributed by atoms with Crippen LogP contribution < -0.4 is 16.0 Å². The predicted octanol–water partition coefficient (Wildman–Crippen LogP) is 0.588. The second-order valence-corrected chi connectivity index (χ2v) is 4.26. The molecule has 0 amide bonds. The monoisotopic (exact) mass is 251 g/mol. The average molecular weight is 251 g/mol. The fourth-order valence-electron chi connectivity index (χ4n) is 1.15. The summed E-state index contributed by atoms with van der Waals surface area (Å²) < 4.78 is 0. The fourth-order valence-corrected chi connectivity index (χ4v) is 1.71. The third-order valence-corrected chi connectivity index (χ3v) is 2.59. The largest absolute Gasteiger partial charge is 0.368 e. The van der Waals surface area contributed by atoms with E-state index in [0.717, 1.165) is 5.69 Å². The molecule has 0 aliphatic rings. The van der Waals surface area contributed by atoms with Crippen LogP contribution in [0, 0.1) is 0 Å². The van der Waals surface area contributed by atoms with Crippen LogP contribution in [-0.2, 0) is 6.54 Å². The number of rotatable bonds is 4. The van der Waals surface area contributed by atoms with Crippen molar-refractivity contribution in [2.75, 3.05) is 30.0 Å². The van der Waals surface area contributed by atoms with Crippen LogP contribution in [0.25, 0.3) is 0 Å². The minimum absolute atomic E-state index is 0.199. The zero-order chi connectivity index (χ0) is 12.3. The standard InChI is InChI=1S/C9H13N7S/c1-16(2)9-14-7(10)13-8(15-9)11-3-6-4-17-5-12-6/h4-5H,3H2,1-2H3,(H3,10,11,13,14,15). The molecule has 0 saturated heterocycles. The van der Waals surface area contributed by atoms with Crippen molar-refractivity contribution in [1.82, 2.24) is 19.9 Å². The molecular weight excluding hydrogens is 238 g/mol. The highest BCUT2D eigenvalue weighted by Gasteiger charge is 2.06. The van der Waals surface area contributed by atoms with Crippen molar-refractivity contribution in [1.29, 1.82) is 0 Å². The minimum Gasteiger partial charge on any atom is -0.368 e. The van der Waals surface area contributed by atoms with Gasteiger partial charge in [-0.15, -0.1) is 11.3 Å². The minimum atomic E-state index is 0.199. The van der Waals surface area contributed by atoms with Gasteiger partial charge in [0.05, 0.1) is 17.7 Å². The molecular formula is C9H13N7S. The van der Waals surface area contributed by atoms with Gasteiger partial charge in [0.15, 0.2) is 0 Å². The predicted molar refractivity (Wildman–Crippen MR) is 68.0 cm³/mol. The molecule has 0 aliphatic carbocycles. The fraction of sp³-hybridized carbons (Fsp3) is 0.333. The lowest BCUT2D eigenvalue weighted by Gasteiger charge is -2.11. The first-order chi connectivity index (χ1) is 8.15. The molecule has 90 valence electrons. The Bertz CT molecular complexity index is 482. The third-order valence-electron chi connectivity index (χ3n) is 1.95. The molecule has 0 spiro atoms. The SMILES string of the molecule is CN(C)c1nc(N)nc(NCc2cscn2)n1. The van der Waals surface area contributed by atoms with Gasteiger partial charge in [0.25, 0.3) is 0 Å². The summed E-state index contributed by atoms with van der Waals surface area (Å²) in [6, 6.07) is 0. The summed E-state index contributed by atoms with van der Waals surface area (Å²) in [7, 11) is 3.69. The average Bonchev–Trinajstić information content (AvgIpc) is 2.78. The first-order valence-electron chi connectivity index (χ1n) is 4.95. The quantitative estimate of drug-likeness (QED) is 0.821. The molecule has 2 aromatic heterocycles. The summed E-state index contributed by atoms with van der Waals surface area (Å²) in [4.78, 5) is 18.2. The molecule has 2 aromatic rings. The van der Waals surface area contributed by atoms with Crippen molar-refractivity contribution in [2.24, 2.45) is 0 Å². The Morgan fingerprint density at radius 2 is 2.18 bits per heavy atom. The molecule has 0 fully saturated rings. The summed E-state index contributed by atoms with van der Waals surface area (Å²) in [5, 5.41) is 5.02. The summed E-state index contributed by atoms with van der Waals surface area (Å²) in [6.45, 7) is 0.569. The molecule has 0 radical (unpaired) electrons. The summed E-state index contributed by atoms with van der Waals surface area (Å²) >= 11 is 1.55. The number of nitrogens with zero attached hydrogens (tertiary/aromatic N) is 5. The van der Waals surface area contributed by atoms with Gasteiger partial charge in [-0.25, -0.2) is 4.98 Å². The van der Waals surface area contributed by atoms with Crippen molar-refractivity contribution in [2.45, 2.75) is 6.54 Å². The third kappa shape index (κ3) is 3.00. The van der Waals surface area contributed by atoms with Crippen LogP contribution in [0.3, 0.4) is 0 Å². The molecule has 0 bridgehead atoms. The van der Waals surface area contributed by atoms with Gasteiger partial charge in [-0.05, 0) is 0 Å². The number of nitrogens with one attached hydrogen (secondary N) is 1. The molecule has 0 unspecified atom stereocenters. The smallest absolute Gasteiger partial charge is 0.231 e. The molecule has 0 aliphatic heterocycles. The maximum atomic E-state index is 5.60. The van der Waals surface area contributed by atoms with Crippen molar-refractivity contribution in [3.63, 3.8) is 0 Å². The highest BCUT2D eigenvalue weighted by atomic mass is 32.1. The Kier molecular flexibility index (Phi) is 3.33. The molecule has 7 nitrogen and oxygen atoms in total. The van der Waals surface area contributed by atoms with E-state index in [9.17, 15) is 0 Å². The van der Waals surface area contributed by atoms with Crippen molar-refractivity contribution in [3.8, 4) is 0 Å². The van der Waals surface area contributed by atoms with E-state index >= 15 is 0 Å². The van der Waals surface area contributed by atoms with Crippen LogP contribution in [0.4, 0.5) is 17.8 Å². The molecule has 2 rings (SSSR count). The molecule has 3 N–H and O–H groups in total. The van der Waals surface area contributed by atoms with Crippen molar-refractivity contribution in [3.05, 3.63) is 16.6 Å². The van der Waals surface area contributed by atoms with Crippen LogP contribution in [0.5, 0.6) is 0 Å². The number of hydrogen-bond donors (Lipinski definition) is 2. The van der Waals surface area contributed by atoms with Crippen LogP contribution in [0.2, 0.25) is 0 Å². The summed E-state index contributed by atoms with van der Waals surface area (Å²) in [5.74, 6) is 1.18. The lowest BCUT2D eigenvalue weighted by molar-refractivity contribution is 0.943. The van der Waals surface area contributed by atoms with E-state index in [1.165, 1.54) is 0 Å². The van der Waals surface area contributed by atoms with Gasteiger partial charge < -0.3 is 16.0 Å². The van der Waals surface area contributed by atoms with Crippen LogP contribution in [0.1, 0.15) is 5.69 Å². The van der Waals surface area contributed by atoms with Crippen LogP contribution in [0.15, 0.2) is 10.9 Å². The van der Waals surface area contributed by atoms with Gasteiger partial charge >= 0.3 is 0 Å². The first-order valence-corrected chi connectivity index (χ1v) is 5.89. The van der Waals surface area contributed by atoms with E-state index in [4.69, 9.17) is 5.73 Å². The lowest BCUT2D eigenvalue weighted by atomic mass is 10.5. The first kappa shape index (κ1) is 11.5. The van der Waals surface area contributed by atoms with Gasteiger partial charge in [0.1, 0.15) is 0 Å². The second kappa shape index (κ2) is 4.91. The highest BCUT2D eigenvalue weighted by Crippen LogP contribution is 2.10. The second-order valence-electron chi connectivity index (χ2n) is 3.54. The molecule has 17 heavy (non-hydrogen) atoms. The zero-order valence-electron chi connectivity index (χ0n) is 9.58. The van der Waals surface area contributed by atoms with E-state index in [1.54, 1.807) is 21.7 Å². The topological polar surface area (TPSA) is 92.9 Å². The van der Waals surface area contributed by atoms with E-state index in [2.05, 4.69) is 25.3 Å². The van der Waals surface area contributed by atoms with Gasteiger partial charge in [-0.1, -0.05) is 0 Å². The van der Waals surface area contributed by atoms with Crippen LogP contribution >= 0.6 is 11.3 Å². The van der Waals surface area contributed by atoms with E-state index < -0.39 is 0 Å². The number of hydrogen-bond acceptors (Lipinski definition) is 8. The van der Waals surface area contributed by atoms with Crippen molar-refractivity contribution < 1.29 is 0 Å². The Hall–Kier alpha value is -1.96. The van der Waals surface area contributed by atoms with Gasteiger partial charge in [-0.3, -0.25) is 0 Å². The summed E-state index contributed by atoms with van der Waals surface area (Å²) in [6.07, 6.45) is 0. The Balaban J connectivity index is 2.10. The summed E-state index contributed by atoms with van der Waals surface area (Å²) in [5.41, 5.74) is 8.33. The molecule has 2 heterocycles. The maximum absolute atomic E-state index is 5.60. The van der Waals surface area contributed by atoms with E-state index in [0.29, 0.717) is 18.4 Å². The number of thiazole rings is 1. The lowest BCUT2D eigenvalue weighted by Crippen LogP contribution is -2.16. The highest BCUT2D eigenvalue weighted by molar-refractivity contribution is 7.07. The Labute approximate surface area is 103 Å². The Morgan fingerprint density at radius 1 is 1.35 bits per heavy atom. The van der Waals surface area contributed by atoms with Gasteiger partial charge in [-0.2, -0.15) is 15.0 Å². The number of nitrogens with two attached hydrogens (primary N) is 1. The molecule has 0 atom stereocenters. The van der Waals surface area contributed by atoms with Crippen LogP contribution in [-0.4, -0.2) is 34.0 Å². The number of anilines is 3. The number of nitrogen functional groups attached to an aromatic ring is 1. The molecule has 8 heteroatoms. The number of aromatic nitrogens is 4. The Morgan fingerprint density at radius 3 is 2.82 bits per heavy atom. The molecule has 0 aromatic carbocycles. The molecule has 0 saturated carbocycles. The maximum Gasteiger partial charge on any atom is 0.231 e. The van der Waals surface area contributed by atoms with E-state index in [1.807, 2.05) is 19.5 Å². The van der Waals surface area contributed by atoms with Gasteiger partial charge in [0.2, 0.25) is 17.8 Å². The van der Waals surface area contributed by atoms with E-state index in [-0.39, 0.29) is 5.95 Å². The normalized spacial score (nSPS) is 10.2. The van der Waals surface area contributed by atoms with Crippen molar-refractivity contribution >= 4 is 29.2 Å².